The van der Waals surface area contributed by atoms with E-state index in [-0.39, 0.29) is 23.9 Å². The van der Waals surface area contributed by atoms with Crippen molar-refractivity contribution in [2.75, 3.05) is 13.6 Å². The third kappa shape index (κ3) is 3.57. The number of carbonyl (C=O) groups excluding carboxylic acids is 2. The van der Waals surface area contributed by atoms with E-state index in [0.717, 1.165) is 28.4 Å². The molecule has 1 saturated heterocycles. The van der Waals surface area contributed by atoms with Gasteiger partial charge < -0.3 is 9.80 Å². The maximum Gasteiger partial charge on any atom is 0.245 e. The van der Waals surface area contributed by atoms with E-state index in [1.807, 2.05) is 20.9 Å². The topological polar surface area (TPSA) is 53.5 Å². The first-order valence-corrected chi connectivity index (χ1v) is 9.06. The Kier molecular flexibility index (Phi) is 5.45. The minimum absolute atomic E-state index is 0.0158. The zero-order chi connectivity index (χ0) is 17.3. The Morgan fingerprint density at radius 2 is 2.00 bits per heavy atom. The molecule has 0 aromatic carbocycles. The highest BCUT2D eigenvalue weighted by Gasteiger charge is 2.36. The molecule has 2 atom stereocenters. The summed E-state index contributed by atoms with van der Waals surface area (Å²) in [6.07, 6.45) is 1.66. The fourth-order valence-corrected chi connectivity index (χ4v) is 4.23. The van der Waals surface area contributed by atoms with Crippen LogP contribution < -0.4 is 0 Å². The van der Waals surface area contributed by atoms with E-state index in [2.05, 4.69) is 18.8 Å². The van der Waals surface area contributed by atoms with Crippen molar-refractivity contribution in [1.29, 1.82) is 0 Å². The monoisotopic (exact) mass is 337 g/mol. The second-order valence-corrected chi connectivity index (χ2v) is 7.71. The summed E-state index contributed by atoms with van der Waals surface area (Å²) < 4.78 is 0. The number of aromatic nitrogens is 1. The van der Waals surface area contributed by atoms with Gasteiger partial charge in [-0.1, -0.05) is 13.8 Å². The fraction of sp³-hybridized carbons (Fsp3) is 0.706. The van der Waals surface area contributed by atoms with Crippen LogP contribution in [0.2, 0.25) is 0 Å². The second-order valence-electron chi connectivity index (χ2n) is 6.65. The molecule has 2 amide bonds. The number of carbonyl (C=O) groups is 2. The summed E-state index contributed by atoms with van der Waals surface area (Å²) >= 11 is 1.69. The number of thiazole rings is 1. The standard InChI is InChI=1S/C17H27N3O2S/c1-10(2)16-18-11(3)15(23-16)12(4)19(6)17(22)14-8-7-9-20(14)13(5)21/h10,12,14H,7-9H2,1-6H3/t12-,14-/m0/s1. The molecule has 0 aliphatic carbocycles. The maximum atomic E-state index is 12.8. The van der Waals surface area contributed by atoms with Gasteiger partial charge in [-0.25, -0.2) is 4.98 Å². The van der Waals surface area contributed by atoms with Gasteiger partial charge in [0.05, 0.1) is 16.7 Å². The minimum atomic E-state index is -0.308. The number of hydrogen-bond donors (Lipinski definition) is 0. The highest BCUT2D eigenvalue weighted by atomic mass is 32.1. The number of hydrogen-bond acceptors (Lipinski definition) is 4. The van der Waals surface area contributed by atoms with Crippen molar-refractivity contribution in [2.45, 2.75) is 65.5 Å². The molecule has 1 aromatic heterocycles. The van der Waals surface area contributed by atoms with Crippen LogP contribution in [0.15, 0.2) is 0 Å². The van der Waals surface area contributed by atoms with Gasteiger partial charge in [-0.3, -0.25) is 9.59 Å². The molecule has 0 N–H and O–H groups in total. The van der Waals surface area contributed by atoms with Crippen LogP contribution in [0.5, 0.6) is 0 Å². The van der Waals surface area contributed by atoms with Crippen LogP contribution in [0, 0.1) is 6.92 Å². The van der Waals surface area contributed by atoms with Gasteiger partial charge in [0.2, 0.25) is 11.8 Å². The number of rotatable bonds is 4. The second kappa shape index (κ2) is 6.99. The number of amides is 2. The molecule has 1 aliphatic rings. The average Bonchev–Trinajstić information content (AvgIpc) is 3.11. The van der Waals surface area contributed by atoms with Crippen LogP contribution in [-0.2, 0) is 9.59 Å². The Labute approximate surface area is 142 Å². The van der Waals surface area contributed by atoms with Crippen LogP contribution in [0.3, 0.4) is 0 Å². The first-order valence-electron chi connectivity index (χ1n) is 8.25. The third-order valence-corrected chi connectivity index (χ3v) is 6.22. The summed E-state index contributed by atoms with van der Waals surface area (Å²) in [5, 5.41) is 1.11. The van der Waals surface area contributed by atoms with Crippen LogP contribution in [0.1, 0.15) is 68.1 Å². The van der Waals surface area contributed by atoms with Crippen LogP contribution in [-0.4, -0.2) is 46.2 Å². The maximum absolute atomic E-state index is 12.8. The Hall–Kier alpha value is -1.43. The predicted octanol–water partition coefficient (Wildman–Crippen LogP) is 3.11. The molecule has 6 heteroatoms. The van der Waals surface area contributed by atoms with Gasteiger partial charge in [-0.2, -0.15) is 0 Å². The summed E-state index contributed by atoms with van der Waals surface area (Å²) in [6, 6.07) is -0.334. The Morgan fingerprint density at radius 1 is 1.35 bits per heavy atom. The van der Waals surface area contributed by atoms with Crippen molar-refractivity contribution in [3.8, 4) is 0 Å². The van der Waals surface area contributed by atoms with Gasteiger partial charge in [0.15, 0.2) is 0 Å². The van der Waals surface area contributed by atoms with Gasteiger partial charge in [0.1, 0.15) is 6.04 Å². The highest BCUT2D eigenvalue weighted by Crippen LogP contribution is 2.33. The summed E-state index contributed by atoms with van der Waals surface area (Å²) in [5.41, 5.74) is 1.00. The van der Waals surface area contributed by atoms with E-state index < -0.39 is 0 Å². The van der Waals surface area contributed by atoms with Gasteiger partial charge in [-0.15, -0.1) is 11.3 Å². The van der Waals surface area contributed by atoms with E-state index in [1.165, 1.54) is 6.92 Å². The number of nitrogens with zero attached hydrogens (tertiary/aromatic N) is 3. The van der Waals surface area contributed by atoms with Crippen molar-refractivity contribution in [3.05, 3.63) is 15.6 Å². The molecule has 0 bridgehead atoms. The zero-order valence-corrected chi connectivity index (χ0v) is 15.7. The van der Waals surface area contributed by atoms with Crippen LogP contribution >= 0.6 is 11.3 Å². The molecule has 23 heavy (non-hydrogen) atoms. The SMILES string of the molecule is CC(=O)N1CCC[C@H]1C(=O)N(C)[C@@H](C)c1sc(C(C)C)nc1C. The smallest absolute Gasteiger partial charge is 0.245 e. The van der Waals surface area contributed by atoms with Crippen molar-refractivity contribution in [1.82, 2.24) is 14.8 Å². The molecule has 0 unspecified atom stereocenters. The molecular weight excluding hydrogens is 310 g/mol. The Bertz CT molecular complexity index is 597. The third-order valence-electron chi connectivity index (χ3n) is 4.59. The first-order chi connectivity index (χ1) is 10.7. The van der Waals surface area contributed by atoms with Crippen molar-refractivity contribution >= 4 is 23.2 Å². The van der Waals surface area contributed by atoms with Crippen molar-refractivity contribution < 1.29 is 9.59 Å². The van der Waals surface area contributed by atoms with E-state index >= 15 is 0 Å². The number of aryl methyl sites for hydroxylation is 1. The molecule has 2 heterocycles. The van der Waals surface area contributed by atoms with Gasteiger partial charge in [-0.05, 0) is 26.7 Å². The summed E-state index contributed by atoms with van der Waals surface area (Å²) in [7, 11) is 1.83. The molecule has 5 nitrogen and oxygen atoms in total. The van der Waals surface area contributed by atoms with E-state index in [9.17, 15) is 9.59 Å². The molecule has 1 aromatic rings. The normalized spacial score (nSPS) is 19.3. The Balaban J connectivity index is 2.17. The lowest BCUT2D eigenvalue weighted by Crippen LogP contribution is -2.46. The largest absolute Gasteiger partial charge is 0.336 e. The fourth-order valence-electron chi connectivity index (χ4n) is 3.07. The van der Waals surface area contributed by atoms with Gasteiger partial charge in [0.25, 0.3) is 0 Å². The molecule has 1 aliphatic heterocycles. The van der Waals surface area contributed by atoms with E-state index in [4.69, 9.17) is 0 Å². The molecule has 128 valence electrons. The molecule has 0 radical (unpaired) electrons. The number of likely N-dealkylation sites (N-methyl/N-ethyl adjacent to an activating group) is 1. The lowest BCUT2D eigenvalue weighted by molar-refractivity contribution is -0.143. The first kappa shape index (κ1) is 17.9. The van der Waals surface area contributed by atoms with E-state index in [0.29, 0.717) is 12.5 Å². The average molecular weight is 337 g/mol. The van der Waals surface area contributed by atoms with Gasteiger partial charge in [0, 0.05) is 31.3 Å². The molecule has 0 saturated carbocycles. The molecule has 1 fully saturated rings. The van der Waals surface area contributed by atoms with Crippen molar-refractivity contribution in [3.63, 3.8) is 0 Å². The quantitative estimate of drug-likeness (QED) is 0.848. The molecule has 2 rings (SSSR count). The van der Waals surface area contributed by atoms with Crippen molar-refractivity contribution in [2.24, 2.45) is 0 Å². The summed E-state index contributed by atoms with van der Waals surface area (Å²) in [5.74, 6) is 0.408. The lowest BCUT2D eigenvalue weighted by Gasteiger charge is -2.31. The molecular formula is C17H27N3O2S. The van der Waals surface area contributed by atoms with Gasteiger partial charge >= 0.3 is 0 Å². The lowest BCUT2D eigenvalue weighted by atomic mass is 10.1. The zero-order valence-electron chi connectivity index (χ0n) is 14.9. The van der Waals surface area contributed by atoms with Crippen LogP contribution in [0.4, 0.5) is 0 Å². The van der Waals surface area contributed by atoms with Crippen LogP contribution in [0.25, 0.3) is 0 Å². The minimum Gasteiger partial charge on any atom is -0.336 e. The van der Waals surface area contributed by atoms with E-state index in [1.54, 1.807) is 21.1 Å². The highest BCUT2D eigenvalue weighted by molar-refractivity contribution is 7.11. The summed E-state index contributed by atoms with van der Waals surface area (Å²) in [4.78, 5) is 33.8. The molecule has 0 spiro atoms. The summed E-state index contributed by atoms with van der Waals surface area (Å²) in [6.45, 7) is 10.5. The number of likely N-dealkylation sites (tertiary alicyclic amines) is 1. The Morgan fingerprint density at radius 3 is 2.52 bits per heavy atom. The predicted molar refractivity (Wildman–Crippen MR) is 92.5 cm³/mol.